The van der Waals surface area contributed by atoms with Crippen LogP contribution in [-0.4, -0.2) is 13.1 Å². The van der Waals surface area contributed by atoms with Crippen LogP contribution in [0.25, 0.3) is 0 Å². The molecule has 1 N–H and O–H groups in total. The van der Waals surface area contributed by atoms with Crippen LogP contribution in [0, 0.1) is 5.92 Å². The van der Waals surface area contributed by atoms with Crippen LogP contribution in [0.2, 0.25) is 0 Å². The van der Waals surface area contributed by atoms with Crippen LogP contribution in [0.5, 0.6) is 0 Å². The van der Waals surface area contributed by atoms with Crippen molar-refractivity contribution in [2.45, 2.75) is 64.3 Å². The van der Waals surface area contributed by atoms with Crippen LogP contribution in [0.1, 0.15) is 62.3 Å². The average Bonchev–Trinajstić information content (AvgIpc) is 2.84. The van der Waals surface area contributed by atoms with Crippen molar-refractivity contribution in [1.82, 2.24) is 5.32 Å². The van der Waals surface area contributed by atoms with Crippen LogP contribution in [-0.2, 0) is 6.42 Å². The van der Waals surface area contributed by atoms with Crippen molar-refractivity contribution < 1.29 is 0 Å². The topological polar surface area (TPSA) is 12.0 Å². The molecule has 0 aliphatic heterocycles. The third-order valence-electron chi connectivity index (χ3n) is 4.39. The van der Waals surface area contributed by atoms with Crippen molar-refractivity contribution in [3.8, 4) is 0 Å². The second-order valence-electron chi connectivity index (χ2n) is 5.82. The Hall–Kier alpha value is -0.340. The molecule has 1 aromatic rings. The summed E-state index contributed by atoms with van der Waals surface area (Å²) in [5, 5.41) is 5.88. The van der Waals surface area contributed by atoms with Crippen molar-refractivity contribution in [2.24, 2.45) is 5.92 Å². The van der Waals surface area contributed by atoms with Gasteiger partial charge in [-0.15, -0.1) is 11.3 Å². The number of likely N-dealkylation sites (N-methyl/N-ethyl adjacent to an activating group) is 1. The van der Waals surface area contributed by atoms with Crippen LogP contribution in [0.4, 0.5) is 0 Å². The van der Waals surface area contributed by atoms with E-state index in [0.29, 0.717) is 6.04 Å². The largest absolute Gasteiger partial charge is 0.316 e. The van der Waals surface area contributed by atoms with Gasteiger partial charge in [0.2, 0.25) is 0 Å². The Morgan fingerprint density at radius 2 is 2.33 bits per heavy atom. The standard InChI is InChI=1S/C16H27NS/c1-4-6-12(2)11-15(17-3)13-7-5-8-16-14(13)9-10-18-16/h9-10,12-13,15,17H,4-8,11H2,1-3H3. The molecule has 1 nitrogen and oxygen atoms in total. The summed E-state index contributed by atoms with van der Waals surface area (Å²) < 4.78 is 0. The van der Waals surface area contributed by atoms with Crippen molar-refractivity contribution in [3.63, 3.8) is 0 Å². The van der Waals surface area contributed by atoms with E-state index in [-0.39, 0.29) is 0 Å². The Morgan fingerprint density at radius 1 is 1.50 bits per heavy atom. The van der Waals surface area contributed by atoms with Crippen LogP contribution in [0.15, 0.2) is 11.4 Å². The highest BCUT2D eigenvalue weighted by molar-refractivity contribution is 7.10. The van der Waals surface area contributed by atoms with Gasteiger partial charge in [-0.3, -0.25) is 0 Å². The summed E-state index contributed by atoms with van der Waals surface area (Å²) in [5.41, 5.74) is 1.65. The Morgan fingerprint density at radius 3 is 3.06 bits per heavy atom. The molecule has 1 aromatic heterocycles. The Kier molecular flexibility index (Phi) is 5.25. The van der Waals surface area contributed by atoms with Gasteiger partial charge in [-0.05, 0) is 55.7 Å². The molecular formula is C16H27NS. The molecule has 3 unspecified atom stereocenters. The molecule has 1 aliphatic rings. The molecule has 3 atom stereocenters. The maximum absolute atomic E-state index is 3.60. The lowest BCUT2D eigenvalue weighted by Gasteiger charge is -2.32. The van der Waals surface area contributed by atoms with Gasteiger partial charge in [0, 0.05) is 16.8 Å². The van der Waals surface area contributed by atoms with Gasteiger partial charge in [-0.2, -0.15) is 0 Å². The van der Waals surface area contributed by atoms with Crippen molar-refractivity contribution >= 4 is 11.3 Å². The first-order valence-corrected chi connectivity index (χ1v) is 8.37. The molecule has 0 saturated heterocycles. The minimum Gasteiger partial charge on any atom is -0.316 e. The van der Waals surface area contributed by atoms with E-state index in [1.807, 2.05) is 11.3 Å². The predicted octanol–water partition coefficient (Wildman–Crippen LogP) is 4.58. The highest BCUT2D eigenvalue weighted by Gasteiger charge is 2.28. The molecule has 0 bridgehead atoms. The fraction of sp³-hybridized carbons (Fsp3) is 0.750. The molecule has 1 aliphatic carbocycles. The lowest BCUT2D eigenvalue weighted by atomic mass is 9.79. The molecule has 102 valence electrons. The number of thiophene rings is 1. The van der Waals surface area contributed by atoms with E-state index in [1.54, 1.807) is 10.4 Å². The fourth-order valence-corrected chi connectivity index (χ4v) is 4.46. The molecule has 0 fully saturated rings. The van der Waals surface area contributed by atoms with Gasteiger partial charge in [0.1, 0.15) is 0 Å². The Labute approximate surface area is 116 Å². The maximum Gasteiger partial charge on any atom is 0.0136 e. The third kappa shape index (κ3) is 3.16. The zero-order chi connectivity index (χ0) is 13.0. The molecule has 0 radical (unpaired) electrons. The quantitative estimate of drug-likeness (QED) is 0.793. The summed E-state index contributed by atoms with van der Waals surface area (Å²) >= 11 is 1.96. The number of aryl methyl sites for hydroxylation is 1. The number of hydrogen-bond acceptors (Lipinski definition) is 2. The highest BCUT2D eigenvalue weighted by Crippen LogP contribution is 2.38. The van der Waals surface area contributed by atoms with E-state index >= 15 is 0 Å². The second-order valence-corrected chi connectivity index (χ2v) is 6.82. The number of hydrogen-bond donors (Lipinski definition) is 1. The normalized spacial score (nSPS) is 22.5. The summed E-state index contributed by atoms with van der Waals surface area (Å²) in [6.07, 6.45) is 8.05. The zero-order valence-corrected chi connectivity index (χ0v) is 12.9. The van der Waals surface area contributed by atoms with Gasteiger partial charge < -0.3 is 5.32 Å². The van der Waals surface area contributed by atoms with Gasteiger partial charge in [0.05, 0.1) is 0 Å². The zero-order valence-electron chi connectivity index (χ0n) is 12.0. The SMILES string of the molecule is CCCC(C)CC(NC)C1CCCc2sccc21. The van der Waals surface area contributed by atoms with Crippen LogP contribution in [0.3, 0.4) is 0 Å². The molecule has 18 heavy (non-hydrogen) atoms. The number of rotatable bonds is 6. The molecule has 0 spiro atoms. The molecule has 0 saturated carbocycles. The summed E-state index contributed by atoms with van der Waals surface area (Å²) in [7, 11) is 2.14. The van der Waals surface area contributed by atoms with E-state index in [0.717, 1.165) is 11.8 Å². The van der Waals surface area contributed by atoms with Gasteiger partial charge in [-0.1, -0.05) is 26.7 Å². The second kappa shape index (κ2) is 6.72. The van der Waals surface area contributed by atoms with E-state index in [1.165, 1.54) is 38.5 Å². The third-order valence-corrected chi connectivity index (χ3v) is 5.39. The van der Waals surface area contributed by atoms with Gasteiger partial charge in [-0.25, -0.2) is 0 Å². The Balaban J connectivity index is 2.05. The highest BCUT2D eigenvalue weighted by atomic mass is 32.1. The molecule has 2 rings (SSSR count). The van der Waals surface area contributed by atoms with Gasteiger partial charge in [0.15, 0.2) is 0 Å². The van der Waals surface area contributed by atoms with Crippen molar-refractivity contribution in [3.05, 3.63) is 21.9 Å². The molecule has 0 aromatic carbocycles. The van der Waals surface area contributed by atoms with Crippen LogP contribution >= 0.6 is 11.3 Å². The van der Waals surface area contributed by atoms with Crippen molar-refractivity contribution in [2.75, 3.05) is 7.05 Å². The monoisotopic (exact) mass is 265 g/mol. The molecule has 0 amide bonds. The maximum atomic E-state index is 3.60. The first-order chi connectivity index (χ1) is 8.76. The van der Waals surface area contributed by atoms with E-state index in [9.17, 15) is 0 Å². The summed E-state index contributed by atoms with van der Waals surface area (Å²) in [4.78, 5) is 1.65. The average molecular weight is 265 g/mol. The van der Waals surface area contributed by atoms with Crippen molar-refractivity contribution in [1.29, 1.82) is 0 Å². The molecular weight excluding hydrogens is 238 g/mol. The smallest absolute Gasteiger partial charge is 0.0136 e. The number of nitrogens with one attached hydrogen (secondary N) is 1. The predicted molar refractivity (Wildman–Crippen MR) is 81.5 cm³/mol. The minimum atomic E-state index is 0.667. The summed E-state index contributed by atoms with van der Waals surface area (Å²) in [6, 6.07) is 3.04. The lowest BCUT2D eigenvalue weighted by Crippen LogP contribution is -2.35. The van der Waals surface area contributed by atoms with Gasteiger partial charge >= 0.3 is 0 Å². The Bertz CT molecular complexity index is 358. The lowest BCUT2D eigenvalue weighted by molar-refractivity contribution is 0.335. The van der Waals surface area contributed by atoms with E-state index in [2.05, 4.69) is 37.7 Å². The van der Waals surface area contributed by atoms with E-state index < -0.39 is 0 Å². The van der Waals surface area contributed by atoms with E-state index in [4.69, 9.17) is 0 Å². The first-order valence-electron chi connectivity index (χ1n) is 7.49. The summed E-state index contributed by atoms with van der Waals surface area (Å²) in [5.74, 6) is 1.60. The van der Waals surface area contributed by atoms with Crippen LogP contribution < -0.4 is 5.32 Å². The van der Waals surface area contributed by atoms with Gasteiger partial charge in [0.25, 0.3) is 0 Å². The first kappa shape index (κ1) is 14.1. The summed E-state index contributed by atoms with van der Waals surface area (Å²) in [6.45, 7) is 4.70. The minimum absolute atomic E-state index is 0.667. The fourth-order valence-electron chi connectivity index (χ4n) is 3.47. The molecule has 2 heteroatoms. The number of fused-ring (bicyclic) bond motifs is 1. The molecule has 1 heterocycles.